The zero-order chi connectivity index (χ0) is 13.7. The summed E-state index contributed by atoms with van der Waals surface area (Å²) < 4.78 is 0. The first-order chi connectivity index (χ1) is 8.49. The van der Waals surface area contributed by atoms with Gasteiger partial charge in [0.2, 0.25) is 0 Å². The minimum Gasteiger partial charge on any atom is -0.394 e. The van der Waals surface area contributed by atoms with Gasteiger partial charge in [-0.25, -0.2) is 4.98 Å². The van der Waals surface area contributed by atoms with Gasteiger partial charge in [-0.15, -0.1) is 0 Å². The molecule has 1 aromatic heterocycles. The van der Waals surface area contributed by atoms with E-state index in [9.17, 15) is 10.1 Å². The quantitative estimate of drug-likeness (QED) is 0.586. The lowest BCUT2D eigenvalue weighted by Crippen LogP contribution is -2.32. The third kappa shape index (κ3) is 3.30. The predicted octanol–water partition coefficient (Wildman–Crippen LogP) is 1.24. The van der Waals surface area contributed by atoms with Crippen LogP contribution in [0, 0.1) is 10.1 Å². The zero-order valence-corrected chi connectivity index (χ0v) is 10.8. The average molecular weight is 254 g/mol. The van der Waals surface area contributed by atoms with Crippen molar-refractivity contribution in [2.24, 2.45) is 0 Å². The summed E-state index contributed by atoms with van der Waals surface area (Å²) in [5.74, 6) is 0.917. The second-order valence-electron chi connectivity index (χ2n) is 4.00. The zero-order valence-electron chi connectivity index (χ0n) is 10.8. The van der Waals surface area contributed by atoms with Crippen LogP contribution in [0.3, 0.4) is 0 Å². The molecule has 0 saturated heterocycles. The largest absolute Gasteiger partial charge is 0.394 e. The van der Waals surface area contributed by atoms with Gasteiger partial charge in [-0.05, 0) is 13.8 Å². The fraction of sp³-hybridized carbons (Fsp3) is 0.545. The highest BCUT2D eigenvalue weighted by atomic mass is 16.6. The number of anilines is 2. The van der Waals surface area contributed by atoms with E-state index in [2.05, 4.69) is 10.3 Å². The maximum Gasteiger partial charge on any atom is 0.276 e. The summed E-state index contributed by atoms with van der Waals surface area (Å²) in [6.07, 6.45) is 0. The van der Waals surface area contributed by atoms with Gasteiger partial charge in [0.25, 0.3) is 5.69 Å². The number of hydrogen-bond donors (Lipinski definition) is 2. The van der Waals surface area contributed by atoms with Crippen molar-refractivity contribution in [2.75, 3.05) is 30.4 Å². The molecule has 0 bridgehead atoms. The second-order valence-corrected chi connectivity index (χ2v) is 4.00. The smallest absolute Gasteiger partial charge is 0.276 e. The van der Waals surface area contributed by atoms with E-state index < -0.39 is 4.92 Å². The molecule has 0 aromatic carbocycles. The SMILES string of the molecule is CCNc1cc([N+](=O)[O-])cc(N(C)C(C)CO)n1. The first-order valence-corrected chi connectivity index (χ1v) is 5.73. The summed E-state index contributed by atoms with van der Waals surface area (Å²) in [5, 5.41) is 22.9. The van der Waals surface area contributed by atoms with Gasteiger partial charge in [-0.2, -0.15) is 0 Å². The Labute approximate surface area is 106 Å². The van der Waals surface area contributed by atoms with Gasteiger partial charge in [0.15, 0.2) is 0 Å². The fourth-order valence-corrected chi connectivity index (χ4v) is 1.41. The molecule has 1 atom stereocenters. The van der Waals surface area contributed by atoms with Crippen molar-refractivity contribution in [3.63, 3.8) is 0 Å². The van der Waals surface area contributed by atoms with Gasteiger partial charge < -0.3 is 15.3 Å². The number of nitro groups is 1. The van der Waals surface area contributed by atoms with Crippen LogP contribution in [0.4, 0.5) is 17.3 Å². The highest BCUT2D eigenvalue weighted by molar-refractivity contribution is 5.56. The van der Waals surface area contributed by atoms with Gasteiger partial charge in [-0.1, -0.05) is 0 Å². The van der Waals surface area contributed by atoms with Crippen LogP contribution >= 0.6 is 0 Å². The molecule has 0 aliphatic carbocycles. The Balaban J connectivity index is 3.13. The molecule has 1 aromatic rings. The van der Waals surface area contributed by atoms with Gasteiger partial charge in [0.05, 0.1) is 29.7 Å². The van der Waals surface area contributed by atoms with Crippen LogP contribution in [0.1, 0.15) is 13.8 Å². The molecule has 0 aliphatic rings. The maximum atomic E-state index is 10.9. The van der Waals surface area contributed by atoms with Gasteiger partial charge >= 0.3 is 0 Å². The Hall–Kier alpha value is -1.89. The Morgan fingerprint density at radius 1 is 1.61 bits per heavy atom. The van der Waals surface area contributed by atoms with E-state index in [1.165, 1.54) is 12.1 Å². The Morgan fingerprint density at radius 2 is 2.28 bits per heavy atom. The summed E-state index contributed by atoms with van der Waals surface area (Å²) in [6, 6.07) is 2.63. The van der Waals surface area contributed by atoms with Crippen LogP contribution in [0.2, 0.25) is 0 Å². The van der Waals surface area contributed by atoms with E-state index >= 15 is 0 Å². The summed E-state index contributed by atoms with van der Waals surface area (Å²) in [7, 11) is 1.74. The molecule has 1 rings (SSSR count). The van der Waals surface area contributed by atoms with Crippen LogP contribution in [0.25, 0.3) is 0 Å². The highest BCUT2D eigenvalue weighted by Crippen LogP contribution is 2.23. The van der Waals surface area contributed by atoms with Crippen molar-refractivity contribution in [1.82, 2.24) is 4.98 Å². The number of aliphatic hydroxyl groups is 1. The number of nitrogens with zero attached hydrogens (tertiary/aromatic N) is 3. The van der Waals surface area contributed by atoms with Gasteiger partial charge in [0, 0.05) is 13.6 Å². The molecule has 2 N–H and O–H groups in total. The van der Waals surface area contributed by atoms with Crippen molar-refractivity contribution < 1.29 is 10.0 Å². The van der Waals surface area contributed by atoms with E-state index in [-0.39, 0.29) is 18.3 Å². The highest BCUT2D eigenvalue weighted by Gasteiger charge is 2.16. The van der Waals surface area contributed by atoms with E-state index in [4.69, 9.17) is 5.11 Å². The third-order valence-corrected chi connectivity index (χ3v) is 2.65. The van der Waals surface area contributed by atoms with Gasteiger partial charge in [-0.3, -0.25) is 10.1 Å². The van der Waals surface area contributed by atoms with Crippen molar-refractivity contribution in [1.29, 1.82) is 0 Å². The number of hydrogen-bond acceptors (Lipinski definition) is 6. The molecule has 0 saturated carbocycles. The lowest BCUT2D eigenvalue weighted by molar-refractivity contribution is -0.384. The number of rotatable bonds is 6. The number of aromatic nitrogens is 1. The van der Waals surface area contributed by atoms with E-state index in [1.54, 1.807) is 11.9 Å². The molecule has 0 fully saturated rings. The molecule has 7 heteroatoms. The summed E-state index contributed by atoms with van der Waals surface area (Å²) in [6.45, 7) is 4.29. The van der Waals surface area contributed by atoms with E-state index in [0.717, 1.165) is 0 Å². The van der Waals surface area contributed by atoms with Crippen LogP contribution in [-0.4, -0.2) is 41.3 Å². The van der Waals surface area contributed by atoms with Crippen molar-refractivity contribution in [3.05, 3.63) is 22.2 Å². The predicted molar refractivity (Wildman–Crippen MR) is 70.0 cm³/mol. The maximum absolute atomic E-state index is 10.9. The summed E-state index contributed by atoms with van der Waals surface area (Å²) in [5.41, 5.74) is -0.0204. The molecule has 0 spiro atoms. The molecular formula is C11H18N4O3. The van der Waals surface area contributed by atoms with Gasteiger partial charge in [0.1, 0.15) is 11.6 Å². The fourth-order valence-electron chi connectivity index (χ4n) is 1.41. The molecule has 100 valence electrons. The number of nitrogens with one attached hydrogen (secondary N) is 1. The first-order valence-electron chi connectivity index (χ1n) is 5.73. The first kappa shape index (κ1) is 14.2. The lowest BCUT2D eigenvalue weighted by atomic mass is 10.3. The molecule has 0 amide bonds. The minimum atomic E-state index is -0.455. The lowest BCUT2D eigenvalue weighted by Gasteiger charge is -2.24. The Bertz CT molecular complexity index is 425. The standard InChI is InChI=1S/C11H18N4O3/c1-4-12-10-5-9(15(17)18)6-11(13-10)14(3)8(2)7-16/h5-6,8,16H,4,7H2,1-3H3,(H,12,13). The van der Waals surface area contributed by atoms with Crippen molar-refractivity contribution in [3.8, 4) is 0 Å². The summed E-state index contributed by atoms with van der Waals surface area (Å²) >= 11 is 0. The van der Waals surface area contributed by atoms with E-state index in [1.807, 2.05) is 13.8 Å². The van der Waals surface area contributed by atoms with Crippen LogP contribution in [0.5, 0.6) is 0 Å². The Kier molecular flexibility index (Phi) is 4.85. The molecular weight excluding hydrogens is 236 g/mol. The van der Waals surface area contributed by atoms with Crippen LogP contribution in [0.15, 0.2) is 12.1 Å². The molecule has 1 heterocycles. The normalized spacial score (nSPS) is 12.0. The monoisotopic (exact) mass is 254 g/mol. The van der Waals surface area contributed by atoms with Crippen molar-refractivity contribution in [2.45, 2.75) is 19.9 Å². The minimum absolute atomic E-state index is 0.0204. The molecule has 0 aliphatic heterocycles. The molecule has 7 nitrogen and oxygen atoms in total. The molecule has 0 radical (unpaired) electrons. The molecule has 18 heavy (non-hydrogen) atoms. The molecule has 1 unspecified atom stereocenters. The second kappa shape index (κ2) is 6.15. The topological polar surface area (TPSA) is 91.5 Å². The number of likely N-dealkylation sites (N-methyl/N-ethyl adjacent to an activating group) is 1. The van der Waals surface area contributed by atoms with Crippen LogP contribution < -0.4 is 10.2 Å². The number of aliphatic hydroxyl groups excluding tert-OH is 1. The summed E-state index contributed by atoms with van der Waals surface area (Å²) in [4.78, 5) is 16.4. The third-order valence-electron chi connectivity index (χ3n) is 2.65. The van der Waals surface area contributed by atoms with E-state index in [0.29, 0.717) is 18.2 Å². The average Bonchev–Trinajstić information content (AvgIpc) is 2.36. The number of pyridine rings is 1. The Morgan fingerprint density at radius 3 is 2.78 bits per heavy atom. The van der Waals surface area contributed by atoms with Crippen LogP contribution in [-0.2, 0) is 0 Å². The van der Waals surface area contributed by atoms with Crippen molar-refractivity contribution >= 4 is 17.3 Å².